The highest BCUT2D eigenvalue weighted by Gasteiger charge is 2.31. The standard InChI is InChI=1S/C17H23NO5S/c1-4-10-23-13-14-6-5-9-18(12-14)24(19,20)15-7-8-16(21-2)17(11-15)22-3/h1,7-8,11,14H,5-6,9-10,12-13H2,2-3H3/t14-/m1/s1. The van der Waals surface area contributed by atoms with Crippen LogP contribution in [0.3, 0.4) is 0 Å². The molecule has 1 aromatic rings. The zero-order valence-corrected chi connectivity index (χ0v) is 14.8. The molecule has 0 aromatic heterocycles. The SMILES string of the molecule is C#CCOC[C@@H]1CCCN(S(=O)(=O)c2ccc(OC)c(OC)c2)C1. The largest absolute Gasteiger partial charge is 0.493 e. The second-order valence-corrected chi connectivity index (χ2v) is 7.55. The van der Waals surface area contributed by atoms with Gasteiger partial charge in [0.15, 0.2) is 11.5 Å². The summed E-state index contributed by atoms with van der Waals surface area (Å²) >= 11 is 0. The van der Waals surface area contributed by atoms with Crippen molar-refractivity contribution >= 4 is 10.0 Å². The van der Waals surface area contributed by atoms with Gasteiger partial charge in [-0.15, -0.1) is 6.42 Å². The third-order valence-electron chi connectivity index (χ3n) is 4.01. The monoisotopic (exact) mass is 353 g/mol. The molecule has 24 heavy (non-hydrogen) atoms. The summed E-state index contributed by atoms with van der Waals surface area (Å²) in [6.07, 6.45) is 6.90. The summed E-state index contributed by atoms with van der Waals surface area (Å²) in [5.74, 6) is 3.46. The van der Waals surface area contributed by atoms with Crippen LogP contribution in [0, 0.1) is 18.3 Å². The zero-order valence-electron chi connectivity index (χ0n) is 14.0. The van der Waals surface area contributed by atoms with E-state index in [0.717, 1.165) is 12.8 Å². The van der Waals surface area contributed by atoms with Crippen molar-refractivity contribution in [1.29, 1.82) is 0 Å². The lowest BCUT2D eigenvalue weighted by molar-refractivity contribution is 0.0990. The van der Waals surface area contributed by atoms with Crippen LogP contribution in [0.2, 0.25) is 0 Å². The van der Waals surface area contributed by atoms with Crippen LogP contribution < -0.4 is 9.47 Å². The molecule has 132 valence electrons. The Morgan fingerprint density at radius 1 is 1.29 bits per heavy atom. The van der Waals surface area contributed by atoms with Crippen molar-refractivity contribution in [2.75, 3.05) is 40.5 Å². The number of sulfonamides is 1. The van der Waals surface area contributed by atoms with Crippen molar-refractivity contribution in [2.45, 2.75) is 17.7 Å². The normalized spacial score (nSPS) is 18.8. The highest BCUT2D eigenvalue weighted by atomic mass is 32.2. The van der Waals surface area contributed by atoms with Gasteiger partial charge in [-0.25, -0.2) is 8.42 Å². The minimum Gasteiger partial charge on any atom is -0.493 e. The fraction of sp³-hybridized carbons (Fsp3) is 0.529. The first-order valence-corrected chi connectivity index (χ1v) is 9.20. The fourth-order valence-corrected chi connectivity index (χ4v) is 4.36. The van der Waals surface area contributed by atoms with Crippen LogP contribution in [0.15, 0.2) is 23.1 Å². The summed E-state index contributed by atoms with van der Waals surface area (Å²) in [5.41, 5.74) is 0. The number of benzene rings is 1. The number of rotatable bonds is 7. The number of piperidine rings is 1. The van der Waals surface area contributed by atoms with E-state index in [1.165, 1.54) is 30.7 Å². The Balaban J connectivity index is 2.16. The predicted molar refractivity (Wildman–Crippen MR) is 90.7 cm³/mol. The first kappa shape index (κ1) is 18.6. The minimum atomic E-state index is -3.58. The summed E-state index contributed by atoms with van der Waals surface area (Å²) in [4.78, 5) is 0.199. The molecule has 0 bridgehead atoms. The van der Waals surface area contributed by atoms with Gasteiger partial charge in [0, 0.05) is 19.2 Å². The Labute approximate surface area is 143 Å². The Bertz CT molecular complexity index is 695. The van der Waals surface area contributed by atoms with E-state index in [0.29, 0.717) is 31.2 Å². The van der Waals surface area contributed by atoms with Gasteiger partial charge in [-0.05, 0) is 30.9 Å². The second-order valence-electron chi connectivity index (χ2n) is 5.61. The Morgan fingerprint density at radius 2 is 2.04 bits per heavy atom. The molecule has 1 saturated heterocycles. The average molecular weight is 353 g/mol. The highest BCUT2D eigenvalue weighted by Crippen LogP contribution is 2.32. The van der Waals surface area contributed by atoms with E-state index >= 15 is 0 Å². The molecule has 1 fully saturated rings. The third kappa shape index (κ3) is 4.20. The molecule has 7 heteroatoms. The number of methoxy groups -OCH3 is 2. The quantitative estimate of drug-likeness (QED) is 0.552. The third-order valence-corrected chi connectivity index (χ3v) is 5.87. The lowest BCUT2D eigenvalue weighted by atomic mass is 10.0. The van der Waals surface area contributed by atoms with Crippen LogP contribution in [0.25, 0.3) is 0 Å². The van der Waals surface area contributed by atoms with E-state index in [4.69, 9.17) is 20.6 Å². The van der Waals surface area contributed by atoms with Crippen molar-refractivity contribution in [3.8, 4) is 23.8 Å². The van der Waals surface area contributed by atoms with Gasteiger partial charge in [-0.2, -0.15) is 4.31 Å². The Kier molecular flexibility index (Phi) is 6.49. The molecule has 0 unspecified atom stereocenters. The predicted octanol–water partition coefficient (Wildman–Crippen LogP) is 1.75. The van der Waals surface area contributed by atoms with Crippen LogP contribution in [0.4, 0.5) is 0 Å². The van der Waals surface area contributed by atoms with Crippen molar-refractivity contribution < 1.29 is 22.6 Å². The topological polar surface area (TPSA) is 65.1 Å². The summed E-state index contributed by atoms with van der Waals surface area (Å²) in [6, 6.07) is 4.63. The van der Waals surface area contributed by atoms with E-state index in [-0.39, 0.29) is 17.4 Å². The van der Waals surface area contributed by atoms with Gasteiger partial charge in [0.2, 0.25) is 10.0 Å². The molecule has 1 aromatic carbocycles. The van der Waals surface area contributed by atoms with Crippen LogP contribution in [-0.4, -0.2) is 53.2 Å². The van der Waals surface area contributed by atoms with Crippen LogP contribution in [0.1, 0.15) is 12.8 Å². The Morgan fingerprint density at radius 3 is 2.71 bits per heavy atom. The fourth-order valence-electron chi connectivity index (χ4n) is 2.79. The van der Waals surface area contributed by atoms with E-state index < -0.39 is 10.0 Å². The van der Waals surface area contributed by atoms with E-state index in [2.05, 4.69) is 5.92 Å². The molecule has 0 spiro atoms. The molecule has 1 heterocycles. The molecule has 1 aliphatic heterocycles. The Hall–Kier alpha value is -1.75. The molecule has 6 nitrogen and oxygen atoms in total. The summed E-state index contributed by atoms with van der Waals surface area (Å²) in [5, 5.41) is 0. The van der Waals surface area contributed by atoms with Crippen molar-refractivity contribution in [3.05, 3.63) is 18.2 Å². The lowest BCUT2D eigenvalue weighted by Crippen LogP contribution is -2.41. The molecular weight excluding hydrogens is 330 g/mol. The smallest absolute Gasteiger partial charge is 0.243 e. The van der Waals surface area contributed by atoms with Gasteiger partial charge in [-0.1, -0.05) is 5.92 Å². The first-order chi connectivity index (χ1) is 11.5. The van der Waals surface area contributed by atoms with Gasteiger partial charge in [0.1, 0.15) is 6.61 Å². The highest BCUT2D eigenvalue weighted by molar-refractivity contribution is 7.89. The number of hydrogen-bond donors (Lipinski definition) is 0. The van der Waals surface area contributed by atoms with Gasteiger partial charge in [0.25, 0.3) is 0 Å². The van der Waals surface area contributed by atoms with Crippen LogP contribution in [0.5, 0.6) is 11.5 Å². The zero-order chi connectivity index (χ0) is 17.6. The van der Waals surface area contributed by atoms with E-state index in [9.17, 15) is 8.42 Å². The van der Waals surface area contributed by atoms with Crippen LogP contribution in [-0.2, 0) is 14.8 Å². The van der Waals surface area contributed by atoms with Gasteiger partial charge in [-0.3, -0.25) is 0 Å². The summed E-state index contributed by atoms with van der Waals surface area (Å²) in [7, 11) is -0.590. The number of nitrogens with zero attached hydrogens (tertiary/aromatic N) is 1. The molecule has 2 rings (SSSR count). The van der Waals surface area contributed by atoms with Gasteiger partial charge in [0.05, 0.1) is 25.7 Å². The molecule has 1 atom stereocenters. The molecular formula is C17H23NO5S. The number of ether oxygens (including phenoxy) is 3. The average Bonchev–Trinajstić information content (AvgIpc) is 2.61. The van der Waals surface area contributed by atoms with E-state index in [1.54, 1.807) is 6.07 Å². The van der Waals surface area contributed by atoms with Gasteiger partial charge >= 0.3 is 0 Å². The molecule has 0 N–H and O–H groups in total. The molecule has 0 radical (unpaired) electrons. The van der Waals surface area contributed by atoms with Crippen LogP contribution >= 0.6 is 0 Å². The summed E-state index contributed by atoms with van der Waals surface area (Å²) in [6.45, 7) is 1.66. The number of hydrogen-bond acceptors (Lipinski definition) is 5. The van der Waals surface area contributed by atoms with Crippen molar-refractivity contribution in [1.82, 2.24) is 4.31 Å². The number of terminal acetylenes is 1. The molecule has 0 saturated carbocycles. The maximum atomic E-state index is 12.9. The molecule has 0 aliphatic carbocycles. The van der Waals surface area contributed by atoms with E-state index in [1.807, 2.05) is 0 Å². The second kappa shape index (κ2) is 8.38. The lowest BCUT2D eigenvalue weighted by Gasteiger charge is -2.31. The van der Waals surface area contributed by atoms with Crippen molar-refractivity contribution in [2.24, 2.45) is 5.92 Å². The first-order valence-electron chi connectivity index (χ1n) is 7.76. The van der Waals surface area contributed by atoms with Crippen molar-refractivity contribution in [3.63, 3.8) is 0 Å². The maximum absolute atomic E-state index is 12.9. The molecule has 0 amide bonds. The summed E-state index contributed by atoms with van der Waals surface area (Å²) < 4.78 is 43.0. The maximum Gasteiger partial charge on any atom is 0.243 e. The van der Waals surface area contributed by atoms with Gasteiger partial charge < -0.3 is 14.2 Å². The molecule has 1 aliphatic rings. The minimum absolute atomic E-state index is 0.155.